The fourth-order valence-corrected chi connectivity index (χ4v) is 2.59. The van der Waals surface area contributed by atoms with E-state index in [1.807, 2.05) is 0 Å². The first kappa shape index (κ1) is 7.39. The molecular weight excluding hydrogens is 160 g/mol. The minimum Gasteiger partial charge on any atom is -0.371 e. The SMILES string of the molecule is NC12CCN(CC1)c1ccccc12. The molecule has 0 radical (unpaired) electrons. The standard InChI is InChI=1S/C11H14N2/c12-11-5-7-13(8-6-11)10-4-2-1-3-9(10)11/h1-4H,5-8,12H2. The van der Waals surface area contributed by atoms with E-state index >= 15 is 0 Å². The minimum absolute atomic E-state index is 0.0225. The maximum Gasteiger partial charge on any atom is 0.0464 e. The van der Waals surface area contributed by atoms with Gasteiger partial charge < -0.3 is 10.6 Å². The molecule has 2 N–H and O–H groups in total. The van der Waals surface area contributed by atoms with Crippen LogP contribution in [-0.4, -0.2) is 13.1 Å². The number of rotatable bonds is 0. The topological polar surface area (TPSA) is 29.3 Å². The molecule has 3 heterocycles. The van der Waals surface area contributed by atoms with Gasteiger partial charge in [0.2, 0.25) is 0 Å². The average Bonchev–Trinajstić information content (AvgIpc) is 2.19. The fraction of sp³-hybridized carbons (Fsp3) is 0.455. The Morgan fingerprint density at radius 2 is 1.85 bits per heavy atom. The summed E-state index contributed by atoms with van der Waals surface area (Å²) < 4.78 is 0. The van der Waals surface area contributed by atoms with E-state index in [0.717, 1.165) is 25.9 Å². The molecule has 68 valence electrons. The van der Waals surface area contributed by atoms with Crippen molar-refractivity contribution in [2.24, 2.45) is 5.73 Å². The second kappa shape index (κ2) is 2.26. The molecule has 1 aromatic rings. The Kier molecular flexibility index (Phi) is 1.29. The molecule has 0 unspecified atom stereocenters. The lowest BCUT2D eigenvalue weighted by molar-refractivity contribution is 0.320. The number of benzene rings is 1. The lowest BCUT2D eigenvalue weighted by Crippen LogP contribution is -2.53. The third kappa shape index (κ3) is 0.866. The number of nitrogens with two attached hydrogens (primary N) is 1. The van der Waals surface area contributed by atoms with Crippen molar-refractivity contribution in [1.82, 2.24) is 0 Å². The van der Waals surface area contributed by atoms with Crippen LogP contribution in [0.5, 0.6) is 0 Å². The van der Waals surface area contributed by atoms with E-state index in [4.69, 9.17) is 5.73 Å². The van der Waals surface area contributed by atoms with Crippen molar-refractivity contribution in [3.63, 3.8) is 0 Å². The van der Waals surface area contributed by atoms with Crippen molar-refractivity contribution >= 4 is 5.69 Å². The molecule has 13 heavy (non-hydrogen) atoms. The molecular formula is C11H14N2. The summed E-state index contributed by atoms with van der Waals surface area (Å²) in [6.45, 7) is 2.26. The summed E-state index contributed by atoms with van der Waals surface area (Å²) in [6.07, 6.45) is 2.23. The van der Waals surface area contributed by atoms with E-state index in [-0.39, 0.29) is 5.54 Å². The third-order valence-electron chi connectivity index (χ3n) is 3.44. The van der Waals surface area contributed by atoms with Crippen molar-refractivity contribution in [2.75, 3.05) is 18.0 Å². The van der Waals surface area contributed by atoms with Gasteiger partial charge in [0.05, 0.1) is 0 Å². The van der Waals surface area contributed by atoms with E-state index in [1.54, 1.807) is 0 Å². The van der Waals surface area contributed by atoms with Crippen LogP contribution in [-0.2, 0) is 5.54 Å². The summed E-state index contributed by atoms with van der Waals surface area (Å²) in [5.74, 6) is 0. The zero-order valence-electron chi connectivity index (χ0n) is 7.66. The number of fused-ring (bicyclic) bond motifs is 2. The first-order valence-electron chi connectivity index (χ1n) is 4.93. The second-order valence-corrected chi connectivity index (χ2v) is 4.16. The predicted octanol–water partition coefficient (Wildman–Crippen LogP) is 1.45. The Labute approximate surface area is 78.3 Å². The van der Waals surface area contributed by atoms with E-state index in [1.165, 1.54) is 11.3 Å². The average molecular weight is 174 g/mol. The van der Waals surface area contributed by atoms with Gasteiger partial charge in [-0.05, 0) is 24.5 Å². The molecule has 4 rings (SSSR count). The molecule has 1 saturated heterocycles. The van der Waals surface area contributed by atoms with Gasteiger partial charge in [-0.3, -0.25) is 0 Å². The van der Waals surface area contributed by atoms with Crippen molar-refractivity contribution in [1.29, 1.82) is 0 Å². The Balaban J connectivity index is 2.24. The van der Waals surface area contributed by atoms with Crippen molar-refractivity contribution < 1.29 is 0 Å². The quantitative estimate of drug-likeness (QED) is 0.645. The lowest BCUT2D eigenvalue weighted by Gasteiger charge is -2.48. The summed E-state index contributed by atoms with van der Waals surface area (Å²) in [6, 6.07) is 8.56. The van der Waals surface area contributed by atoms with E-state index in [2.05, 4.69) is 29.2 Å². The van der Waals surface area contributed by atoms with Crippen molar-refractivity contribution in [2.45, 2.75) is 18.4 Å². The number of hydrogen-bond acceptors (Lipinski definition) is 2. The van der Waals surface area contributed by atoms with Crippen LogP contribution in [0.1, 0.15) is 18.4 Å². The molecule has 0 spiro atoms. The van der Waals surface area contributed by atoms with Gasteiger partial charge in [-0.1, -0.05) is 18.2 Å². The third-order valence-corrected chi connectivity index (χ3v) is 3.44. The Hall–Kier alpha value is -1.02. The van der Waals surface area contributed by atoms with Crippen LogP contribution in [0.4, 0.5) is 5.69 Å². The van der Waals surface area contributed by atoms with Crippen LogP contribution < -0.4 is 10.6 Å². The van der Waals surface area contributed by atoms with Gasteiger partial charge in [-0.25, -0.2) is 0 Å². The normalized spacial score (nSPS) is 23.0. The number of para-hydroxylation sites is 1. The van der Waals surface area contributed by atoms with Crippen LogP contribution in [0.15, 0.2) is 24.3 Å². The van der Waals surface area contributed by atoms with Crippen LogP contribution in [0.2, 0.25) is 0 Å². The molecule has 0 aromatic heterocycles. The van der Waals surface area contributed by atoms with Crippen molar-refractivity contribution in [3.05, 3.63) is 29.8 Å². The maximum absolute atomic E-state index is 6.38. The fourth-order valence-electron chi connectivity index (χ4n) is 2.59. The highest BCUT2D eigenvalue weighted by Crippen LogP contribution is 2.42. The molecule has 0 saturated carbocycles. The molecule has 0 amide bonds. The van der Waals surface area contributed by atoms with E-state index < -0.39 is 0 Å². The summed E-state index contributed by atoms with van der Waals surface area (Å²) in [7, 11) is 0. The Morgan fingerprint density at radius 1 is 1.15 bits per heavy atom. The molecule has 0 atom stereocenters. The first-order chi connectivity index (χ1) is 6.30. The van der Waals surface area contributed by atoms with E-state index in [9.17, 15) is 0 Å². The van der Waals surface area contributed by atoms with Gasteiger partial charge in [0.1, 0.15) is 0 Å². The van der Waals surface area contributed by atoms with Gasteiger partial charge in [0.15, 0.2) is 0 Å². The van der Waals surface area contributed by atoms with Crippen LogP contribution in [0.3, 0.4) is 0 Å². The first-order valence-corrected chi connectivity index (χ1v) is 4.93. The number of hydrogen-bond donors (Lipinski definition) is 1. The van der Waals surface area contributed by atoms with Crippen molar-refractivity contribution in [3.8, 4) is 0 Å². The van der Waals surface area contributed by atoms with Gasteiger partial charge in [0.25, 0.3) is 0 Å². The largest absolute Gasteiger partial charge is 0.371 e. The molecule has 1 fully saturated rings. The Morgan fingerprint density at radius 3 is 2.54 bits per heavy atom. The molecule has 3 aliphatic heterocycles. The molecule has 2 bridgehead atoms. The smallest absolute Gasteiger partial charge is 0.0464 e. The minimum atomic E-state index is -0.0225. The molecule has 3 aliphatic rings. The van der Waals surface area contributed by atoms with Crippen LogP contribution in [0.25, 0.3) is 0 Å². The zero-order valence-corrected chi connectivity index (χ0v) is 7.66. The van der Waals surface area contributed by atoms with Gasteiger partial charge in [-0.2, -0.15) is 0 Å². The Bertz CT molecular complexity index is 338. The highest BCUT2D eigenvalue weighted by atomic mass is 15.2. The summed E-state index contributed by atoms with van der Waals surface area (Å²) in [4.78, 5) is 2.45. The van der Waals surface area contributed by atoms with Gasteiger partial charge in [-0.15, -0.1) is 0 Å². The lowest BCUT2D eigenvalue weighted by atomic mass is 9.76. The number of piperidine rings is 1. The van der Waals surface area contributed by atoms with Gasteiger partial charge >= 0.3 is 0 Å². The zero-order chi connectivity index (χ0) is 8.89. The summed E-state index contributed by atoms with van der Waals surface area (Å²) in [5, 5.41) is 0. The van der Waals surface area contributed by atoms with Crippen LogP contribution >= 0.6 is 0 Å². The monoisotopic (exact) mass is 174 g/mol. The number of nitrogens with zero attached hydrogens (tertiary/aromatic N) is 1. The molecule has 2 nitrogen and oxygen atoms in total. The summed E-state index contributed by atoms with van der Waals surface area (Å²) >= 11 is 0. The van der Waals surface area contributed by atoms with Crippen LogP contribution in [0, 0.1) is 0 Å². The van der Waals surface area contributed by atoms with Gasteiger partial charge in [0, 0.05) is 24.3 Å². The molecule has 2 heteroatoms. The molecule has 1 aromatic carbocycles. The highest BCUT2D eigenvalue weighted by Gasteiger charge is 2.39. The predicted molar refractivity (Wildman–Crippen MR) is 53.8 cm³/mol. The number of anilines is 1. The summed E-state index contributed by atoms with van der Waals surface area (Å²) in [5.41, 5.74) is 9.08. The maximum atomic E-state index is 6.38. The second-order valence-electron chi connectivity index (χ2n) is 4.16. The highest BCUT2D eigenvalue weighted by molar-refractivity contribution is 5.60. The molecule has 0 aliphatic carbocycles. The van der Waals surface area contributed by atoms with E-state index in [0.29, 0.717) is 0 Å².